The number of aromatic nitrogens is 3. The number of anilines is 2. The van der Waals surface area contributed by atoms with E-state index in [4.69, 9.17) is 15.9 Å². The molecule has 6 rings (SSSR count). The van der Waals surface area contributed by atoms with E-state index in [0.29, 0.717) is 73.1 Å². The first kappa shape index (κ1) is 26.6. The van der Waals surface area contributed by atoms with Gasteiger partial charge in [-0.2, -0.15) is 0 Å². The molecule has 2 aliphatic rings. The first-order valence-corrected chi connectivity index (χ1v) is 13.5. The minimum atomic E-state index is -0.720. The highest BCUT2D eigenvalue weighted by atomic mass is 19.1. The Morgan fingerprint density at radius 3 is 2.90 bits per heavy atom. The molecule has 2 aromatic carbocycles. The molecule has 41 heavy (non-hydrogen) atoms. The van der Waals surface area contributed by atoms with Crippen molar-refractivity contribution >= 4 is 34.7 Å². The molecule has 0 aliphatic carbocycles. The maximum absolute atomic E-state index is 14.6. The number of nitrogen functional groups attached to an aromatic ring is 1. The summed E-state index contributed by atoms with van der Waals surface area (Å²) in [5.74, 6) is -0.735. The Morgan fingerprint density at radius 2 is 2.05 bits per heavy atom. The minimum absolute atomic E-state index is 0.155. The number of nitrogens with zero attached hydrogens (tertiary/aromatic N) is 4. The highest BCUT2D eigenvalue weighted by molar-refractivity contribution is 6.05. The summed E-state index contributed by atoms with van der Waals surface area (Å²) in [4.78, 5) is 24.3. The van der Waals surface area contributed by atoms with Crippen molar-refractivity contribution in [3.63, 3.8) is 0 Å². The lowest BCUT2D eigenvalue weighted by Gasteiger charge is -2.25. The largest absolute Gasteiger partial charge is 0.398 e. The number of ether oxygens (including phenoxy) is 1. The van der Waals surface area contributed by atoms with E-state index in [1.807, 2.05) is 29.2 Å². The molecule has 2 aliphatic heterocycles. The van der Waals surface area contributed by atoms with Crippen LogP contribution in [0.4, 0.5) is 20.3 Å². The highest BCUT2D eigenvalue weighted by Gasteiger charge is 2.39. The smallest absolute Gasteiger partial charge is 0.242 e. The van der Waals surface area contributed by atoms with Gasteiger partial charge in [-0.15, -0.1) is 0 Å². The maximum Gasteiger partial charge on any atom is 0.242 e. The normalized spacial score (nSPS) is 20.8. The second kappa shape index (κ2) is 11.1. The van der Waals surface area contributed by atoms with Crippen LogP contribution in [0.3, 0.4) is 0 Å². The van der Waals surface area contributed by atoms with Crippen molar-refractivity contribution in [2.75, 3.05) is 30.3 Å². The second-order valence-corrected chi connectivity index (χ2v) is 10.2. The molecule has 11 heteroatoms. The van der Waals surface area contributed by atoms with Gasteiger partial charge in [-0.05, 0) is 36.6 Å². The van der Waals surface area contributed by atoms with Crippen LogP contribution >= 0.6 is 0 Å². The number of benzene rings is 2. The van der Waals surface area contributed by atoms with Crippen molar-refractivity contribution in [2.24, 2.45) is 0 Å². The average molecular weight is 558 g/mol. The molecule has 0 radical (unpaired) electrons. The van der Waals surface area contributed by atoms with Gasteiger partial charge in [0.1, 0.15) is 29.0 Å². The minimum Gasteiger partial charge on any atom is -0.398 e. The van der Waals surface area contributed by atoms with Gasteiger partial charge in [-0.3, -0.25) is 9.20 Å². The predicted octanol–water partition coefficient (Wildman–Crippen LogP) is 4.21. The number of hydrogen-bond donors (Lipinski definition) is 3. The third-order valence-corrected chi connectivity index (χ3v) is 7.51. The van der Waals surface area contributed by atoms with Gasteiger partial charge < -0.3 is 26.1 Å². The highest BCUT2D eigenvalue weighted by Crippen LogP contribution is 2.32. The van der Waals surface area contributed by atoms with Crippen LogP contribution in [-0.4, -0.2) is 57.8 Å². The van der Waals surface area contributed by atoms with Crippen LogP contribution < -0.4 is 16.0 Å². The molecule has 1 amide bonds. The third kappa shape index (κ3) is 5.16. The lowest BCUT2D eigenvalue weighted by Crippen LogP contribution is -2.44. The monoisotopic (exact) mass is 557 g/mol. The van der Waals surface area contributed by atoms with Crippen molar-refractivity contribution in [2.45, 2.75) is 31.4 Å². The van der Waals surface area contributed by atoms with Crippen molar-refractivity contribution in [1.29, 1.82) is 5.41 Å². The zero-order chi connectivity index (χ0) is 28.5. The number of nitrogens with one attached hydrogen (secondary N) is 2. The van der Waals surface area contributed by atoms with E-state index in [2.05, 4.69) is 15.3 Å². The summed E-state index contributed by atoms with van der Waals surface area (Å²) in [5, 5.41) is 11.6. The Morgan fingerprint density at radius 1 is 1.17 bits per heavy atom. The van der Waals surface area contributed by atoms with E-state index < -0.39 is 17.7 Å². The van der Waals surface area contributed by atoms with Crippen LogP contribution in [0.15, 0.2) is 61.1 Å². The lowest BCUT2D eigenvalue weighted by atomic mass is 9.97. The SMILES string of the molecule is N=C1CCCNC(=O)C2CC(CN2c2nccn3c(-c4ccc(F)cc4F)ncc23)OC/C=C/c2cccc(N)c21. The molecule has 210 valence electrons. The number of imidazole rings is 1. The number of nitrogens with two attached hydrogens (primary N) is 1. The van der Waals surface area contributed by atoms with Crippen LogP contribution in [0.5, 0.6) is 0 Å². The van der Waals surface area contributed by atoms with Crippen LogP contribution in [0.25, 0.3) is 23.0 Å². The molecule has 4 aromatic rings. The maximum atomic E-state index is 14.6. The van der Waals surface area contributed by atoms with Crippen LogP contribution in [-0.2, 0) is 9.53 Å². The van der Waals surface area contributed by atoms with E-state index in [1.54, 1.807) is 29.1 Å². The Kier molecular flexibility index (Phi) is 7.19. The molecule has 2 unspecified atom stereocenters. The number of fused-ring (bicyclic) bond motifs is 4. The fourth-order valence-corrected chi connectivity index (χ4v) is 5.57. The fourth-order valence-electron chi connectivity index (χ4n) is 5.57. The first-order valence-electron chi connectivity index (χ1n) is 13.5. The van der Waals surface area contributed by atoms with Crippen molar-refractivity contribution < 1.29 is 18.3 Å². The number of hydrogen-bond acceptors (Lipinski definition) is 7. The number of amides is 1. The summed E-state index contributed by atoms with van der Waals surface area (Å²) in [6.45, 7) is 1.12. The molecule has 9 nitrogen and oxygen atoms in total. The standard InChI is InChI=1S/C30H29F2N7O2/c31-19-8-9-21(22(32)14-19)28-37-16-26-29(35-11-12-38(26)28)39-17-20-15-25(39)30(40)36-10-2-7-24(34)27-18(5-3-13-41-20)4-1-6-23(27)33/h1,3-6,8-9,11-12,14,16,20,25,34H,2,7,10,13,15,17,33H2,(H,36,40)/b5-3+,34-24?. The Hall–Kier alpha value is -4.64. The van der Waals surface area contributed by atoms with Crippen molar-refractivity contribution in [3.8, 4) is 11.4 Å². The molecule has 2 bridgehead atoms. The van der Waals surface area contributed by atoms with E-state index in [-0.39, 0.29) is 17.6 Å². The quantitative estimate of drug-likeness (QED) is 0.318. The average Bonchev–Trinajstić information content (AvgIpc) is 3.58. The van der Waals surface area contributed by atoms with E-state index >= 15 is 0 Å². The summed E-state index contributed by atoms with van der Waals surface area (Å²) >= 11 is 0. The first-order chi connectivity index (χ1) is 19.9. The summed E-state index contributed by atoms with van der Waals surface area (Å²) in [5.41, 5.74) is 9.46. The molecule has 2 aromatic heterocycles. The molecule has 1 saturated heterocycles. The van der Waals surface area contributed by atoms with Gasteiger partial charge in [0, 0.05) is 54.9 Å². The summed E-state index contributed by atoms with van der Waals surface area (Å²) in [6, 6.07) is 8.38. The van der Waals surface area contributed by atoms with Crippen molar-refractivity contribution in [1.82, 2.24) is 19.7 Å². The second-order valence-electron chi connectivity index (χ2n) is 10.2. The molecular formula is C30H29F2N7O2. The van der Waals surface area contributed by atoms with Crippen LogP contribution in [0.1, 0.15) is 30.4 Å². The van der Waals surface area contributed by atoms with Gasteiger partial charge >= 0.3 is 0 Å². The van der Waals surface area contributed by atoms with Gasteiger partial charge in [0.25, 0.3) is 0 Å². The topological polar surface area (TPSA) is 122 Å². The van der Waals surface area contributed by atoms with E-state index in [1.165, 1.54) is 12.1 Å². The lowest BCUT2D eigenvalue weighted by molar-refractivity contribution is -0.122. The summed E-state index contributed by atoms with van der Waals surface area (Å²) in [6.07, 6.45) is 9.86. The third-order valence-electron chi connectivity index (χ3n) is 7.51. The Balaban J connectivity index is 1.31. The Bertz CT molecular complexity index is 1670. The van der Waals surface area contributed by atoms with Gasteiger partial charge in [-0.1, -0.05) is 24.3 Å². The number of halogens is 2. The number of rotatable bonds is 2. The zero-order valence-corrected chi connectivity index (χ0v) is 22.2. The molecule has 1 fully saturated rings. The zero-order valence-electron chi connectivity index (χ0n) is 22.2. The molecule has 0 saturated carbocycles. The molecule has 4 N–H and O–H groups in total. The predicted molar refractivity (Wildman–Crippen MR) is 153 cm³/mol. The van der Waals surface area contributed by atoms with Gasteiger partial charge in [-0.25, -0.2) is 18.7 Å². The summed E-state index contributed by atoms with van der Waals surface area (Å²) < 4.78 is 36.0. The number of carbonyl (C=O) groups is 1. The van der Waals surface area contributed by atoms with Gasteiger partial charge in [0.05, 0.1) is 24.5 Å². The van der Waals surface area contributed by atoms with E-state index in [9.17, 15) is 13.6 Å². The number of carbonyl (C=O) groups excluding carboxylic acids is 1. The molecule has 0 spiro atoms. The summed E-state index contributed by atoms with van der Waals surface area (Å²) in [7, 11) is 0. The molecule has 2 atom stereocenters. The molecular weight excluding hydrogens is 528 g/mol. The van der Waals surface area contributed by atoms with Gasteiger partial charge in [0.2, 0.25) is 5.91 Å². The van der Waals surface area contributed by atoms with E-state index in [0.717, 1.165) is 11.6 Å². The van der Waals surface area contributed by atoms with Crippen LogP contribution in [0, 0.1) is 17.0 Å². The molecule has 4 heterocycles. The Labute approximate surface area is 235 Å². The fraction of sp³-hybridized carbons (Fsp3) is 0.267. The van der Waals surface area contributed by atoms with Crippen LogP contribution in [0.2, 0.25) is 0 Å². The van der Waals surface area contributed by atoms with Crippen molar-refractivity contribution in [3.05, 3.63) is 83.8 Å². The van der Waals surface area contributed by atoms with Gasteiger partial charge in [0.15, 0.2) is 5.82 Å².